The highest BCUT2D eigenvalue weighted by molar-refractivity contribution is 5.86. The molecule has 0 bridgehead atoms. The van der Waals surface area contributed by atoms with E-state index in [1.54, 1.807) is 6.08 Å². The van der Waals surface area contributed by atoms with Crippen molar-refractivity contribution in [2.24, 2.45) is 0 Å². The van der Waals surface area contributed by atoms with Crippen molar-refractivity contribution >= 4 is 5.97 Å². The average molecular weight is 223 g/mol. The van der Waals surface area contributed by atoms with Crippen molar-refractivity contribution < 1.29 is 14.3 Å². The first kappa shape index (κ1) is 10.3. The molecule has 3 rings (SSSR count). The number of nitrogens with zero attached hydrogens (tertiary/aromatic N) is 1. The Morgan fingerprint density at radius 2 is 2.06 bits per heavy atom. The van der Waals surface area contributed by atoms with Crippen LogP contribution < -0.4 is 0 Å². The molecule has 0 spiro atoms. The largest absolute Gasteiger partial charge is 0.436 e. The molecule has 88 valence electrons. The van der Waals surface area contributed by atoms with Crippen molar-refractivity contribution in [1.82, 2.24) is 4.90 Å². The maximum atomic E-state index is 11.5. The molecule has 2 aliphatic heterocycles. The molecule has 0 radical (unpaired) electrons. The van der Waals surface area contributed by atoms with Gasteiger partial charge in [-0.15, -0.1) is 0 Å². The molecule has 1 aliphatic carbocycles. The first-order valence-corrected chi connectivity index (χ1v) is 6.08. The zero-order valence-corrected chi connectivity index (χ0v) is 9.41. The van der Waals surface area contributed by atoms with E-state index in [9.17, 15) is 4.79 Å². The number of carbonyl (C=O) groups is 1. The fourth-order valence-electron chi connectivity index (χ4n) is 3.03. The molecule has 2 heterocycles. The van der Waals surface area contributed by atoms with E-state index in [4.69, 9.17) is 9.47 Å². The van der Waals surface area contributed by atoms with Gasteiger partial charge in [0.25, 0.3) is 0 Å². The number of carbonyl (C=O) groups excluding carboxylic acids is 1. The average Bonchev–Trinajstić information content (AvgIpc) is 2.67. The Hall–Kier alpha value is -0.870. The van der Waals surface area contributed by atoms with Crippen molar-refractivity contribution in [2.75, 3.05) is 26.3 Å². The van der Waals surface area contributed by atoms with Gasteiger partial charge in [-0.05, 0) is 24.8 Å². The molecule has 0 amide bonds. The second kappa shape index (κ2) is 3.86. The van der Waals surface area contributed by atoms with Gasteiger partial charge >= 0.3 is 5.97 Å². The Labute approximate surface area is 95.2 Å². The second-order valence-electron chi connectivity index (χ2n) is 4.68. The second-order valence-corrected chi connectivity index (χ2v) is 4.68. The summed E-state index contributed by atoms with van der Waals surface area (Å²) in [6, 6.07) is 0. The van der Waals surface area contributed by atoms with E-state index in [2.05, 4.69) is 4.90 Å². The van der Waals surface area contributed by atoms with E-state index in [0.29, 0.717) is 0 Å². The molecular formula is C12H17NO3. The molecule has 4 heteroatoms. The lowest BCUT2D eigenvalue weighted by atomic mass is 9.86. The summed E-state index contributed by atoms with van der Waals surface area (Å²) in [5.74, 6) is -0.164. The Morgan fingerprint density at radius 1 is 1.25 bits per heavy atom. The fraction of sp³-hybridized carbons (Fsp3) is 0.750. The van der Waals surface area contributed by atoms with Crippen LogP contribution in [0.1, 0.15) is 25.7 Å². The SMILES string of the molecule is O=C1C=C2CCCC[C@@]2(N2CCOCC2)O1. The van der Waals surface area contributed by atoms with Crippen LogP contribution in [0, 0.1) is 0 Å². The van der Waals surface area contributed by atoms with Crippen molar-refractivity contribution in [3.63, 3.8) is 0 Å². The van der Waals surface area contributed by atoms with E-state index in [-0.39, 0.29) is 5.97 Å². The third-order valence-corrected chi connectivity index (χ3v) is 3.80. The van der Waals surface area contributed by atoms with Gasteiger partial charge in [-0.1, -0.05) is 0 Å². The first-order valence-electron chi connectivity index (χ1n) is 6.08. The summed E-state index contributed by atoms with van der Waals surface area (Å²) in [6.07, 6.45) is 5.97. The molecular weight excluding hydrogens is 206 g/mol. The van der Waals surface area contributed by atoms with Crippen LogP contribution in [0.4, 0.5) is 0 Å². The topological polar surface area (TPSA) is 38.8 Å². The van der Waals surface area contributed by atoms with Gasteiger partial charge in [0.05, 0.1) is 13.2 Å². The molecule has 1 saturated heterocycles. The van der Waals surface area contributed by atoms with E-state index < -0.39 is 5.72 Å². The maximum absolute atomic E-state index is 11.5. The third kappa shape index (κ3) is 1.48. The minimum Gasteiger partial charge on any atom is -0.436 e. The molecule has 0 aromatic carbocycles. The Balaban J connectivity index is 1.88. The lowest BCUT2D eigenvalue weighted by molar-refractivity contribution is -0.176. The quantitative estimate of drug-likeness (QED) is 0.623. The lowest BCUT2D eigenvalue weighted by Gasteiger charge is -2.45. The first-order chi connectivity index (χ1) is 7.81. The number of ether oxygens (including phenoxy) is 2. The highest BCUT2D eigenvalue weighted by atomic mass is 16.6. The van der Waals surface area contributed by atoms with E-state index in [1.807, 2.05) is 0 Å². The van der Waals surface area contributed by atoms with Crippen LogP contribution >= 0.6 is 0 Å². The molecule has 0 aromatic rings. The highest BCUT2D eigenvalue weighted by Crippen LogP contribution is 2.42. The van der Waals surface area contributed by atoms with Crippen molar-refractivity contribution in [1.29, 1.82) is 0 Å². The normalized spacial score (nSPS) is 35.5. The molecule has 1 saturated carbocycles. The molecule has 0 unspecified atom stereocenters. The van der Waals surface area contributed by atoms with Crippen molar-refractivity contribution in [3.05, 3.63) is 11.6 Å². The van der Waals surface area contributed by atoms with E-state index in [0.717, 1.165) is 45.6 Å². The number of esters is 1. The zero-order chi connectivity index (χ0) is 11.0. The molecule has 16 heavy (non-hydrogen) atoms. The van der Waals surface area contributed by atoms with E-state index >= 15 is 0 Å². The number of fused-ring (bicyclic) bond motifs is 1. The summed E-state index contributed by atoms with van der Waals surface area (Å²) in [6.45, 7) is 3.22. The van der Waals surface area contributed by atoms with Crippen LogP contribution in [0.15, 0.2) is 11.6 Å². The van der Waals surface area contributed by atoms with Gasteiger partial charge in [-0.3, -0.25) is 4.90 Å². The molecule has 0 N–H and O–H groups in total. The number of rotatable bonds is 1. The Kier molecular flexibility index (Phi) is 2.48. The molecule has 4 nitrogen and oxygen atoms in total. The summed E-state index contributed by atoms with van der Waals surface area (Å²) < 4.78 is 11.0. The van der Waals surface area contributed by atoms with Crippen LogP contribution in [0.5, 0.6) is 0 Å². The van der Waals surface area contributed by atoms with Crippen LogP contribution in [0.2, 0.25) is 0 Å². The summed E-state index contributed by atoms with van der Waals surface area (Å²) in [5, 5.41) is 0. The summed E-state index contributed by atoms with van der Waals surface area (Å²) in [7, 11) is 0. The van der Waals surface area contributed by atoms with Gasteiger partial charge in [0.1, 0.15) is 0 Å². The predicted molar refractivity (Wildman–Crippen MR) is 57.8 cm³/mol. The fourth-order valence-corrected chi connectivity index (χ4v) is 3.03. The van der Waals surface area contributed by atoms with Gasteiger partial charge < -0.3 is 9.47 Å². The summed E-state index contributed by atoms with van der Waals surface area (Å²) >= 11 is 0. The molecule has 0 aromatic heterocycles. The van der Waals surface area contributed by atoms with Gasteiger partial charge in [0.2, 0.25) is 0 Å². The van der Waals surface area contributed by atoms with Crippen molar-refractivity contribution in [2.45, 2.75) is 31.4 Å². The Bertz CT molecular complexity index is 333. The van der Waals surface area contributed by atoms with Crippen LogP contribution in [-0.4, -0.2) is 42.9 Å². The molecule has 2 fully saturated rings. The minimum atomic E-state index is -0.404. The summed E-state index contributed by atoms with van der Waals surface area (Å²) in [5.41, 5.74) is 0.782. The Morgan fingerprint density at radius 3 is 2.88 bits per heavy atom. The van der Waals surface area contributed by atoms with E-state index in [1.165, 1.54) is 12.0 Å². The number of morpholine rings is 1. The standard InChI is InChI=1S/C12H17NO3/c14-11-9-10-3-1-2-4-12(10,16-11)13-5-7-15-8-6-13/h9H,1-8H2/t12-/m1/s1. The monoisotopic (exact) mass is 223 g/mol. The van der Waals surface area contributed by atoms with Crippen LogP contribution in [0.3, 0.4) is 0 Å². The lowest BCUT2D eigenvalue weighted by Crippen LogP contribution is -2.55. The minimum absolute atomic E-state index is 0.164. The highest BCUT2D eigenvalue weighted by Gasteiger charge is 2.49. The van der Waals surface area contributed by atoms with Gasteiger partial charge in [-0.25, -0.2) is 4.79 Å². The maximum Gasteiger partial charge on any atom is 0.332 e. The smallest absolute Gasteiger partial charge is 0.332 e. The predicted octanol–water partition coefficient (Wildman–Crippen LogP) is 1.07. The van der Waals surface area contributed by atoms with Crippen molar-refractivity contribution in [3.8, 4) is 0 Å². The van der Waals surface area contributed by atoms with Gasteiger partial charge in [-0.2, -0.15) is 0 Å². The third-order valence-electron chi connectivity index (χ3n) is 3.80. The van der Waals surface area contributed by atoms with Crippen LogP contribution in [0.25, 0.3) is 0 Å². The molecule has 1 atom stereocenters. The number of hydrogen-bond donors (Lipinski definition) is 0. The van der Waals surface area contributed by atoms with Crippen LogP contribution in [-0.2, 0) is 14.3 Å². The van der Waals surface area contributed by atoms with Gasteiger partial charge in [0.15, 0.2) is 5.72 Å². The molecule has 3 aliphatic rings. The van der Waals surface area contributed by atoms with Gasteiger partial charge in [0, 0.05) is 25.6 Å². The zero-order valence-electron chi connectivity index (χ0n) is 9.41. The summed E-state index contributed by atoms with van der Waals surface area (Å²) in [4.78, 5) is 13.8. The number of hydrogen-bond acceptors (Lipinski definition) is 4.